The third kappa shape index (κ3) is 2.53. The largest absolute Gasteiger partial charge is 0.481 e. The number of rotatable bonds is 5. The van der Waals surface area contributed by atoms with Crippen LogP contribution < -0.4 is 4.74 Å². The summed E-state index contributed by atoms with van der Waals surface area (Å²) in [5.74, 6) is 0.450. The summed E-state index contributed by atoms with van der Waals surface area (Å²) in [5, 5.41) is 9.92. The van der Waals surface area contributed by atoms with Crippen molar-refractivity contribution in [3.63, 3.8) is 0 Å². The molecule has 1 saturated carbocycles. The van der Waals surface area contributed by atoms with Crippen LogP contribution in [0.15, 0.2) is 65.2 Å². The number of carbonyl (C=O) groups is 1. The first-order chi connectivity index (χ1) is 12.2. The lowest BCUT2D eigenvalue weighted by molar-refractivity contribution is -0.144. The van der Waals surface area contributed by atoms with Crippen LogP contribution in [0, 0.1) is 10.8 Å². The van der Waals surface area contributed by atoms with E-state index in [9.17, 15) is 9.90 Å². The van der Waals surface area contributed by atoms with Crippen molar-refractivity contribution in [1.82, 2.24) is 0 Å². The summed E-state index contributed by atoms with van der Waals surface area (Å²) in [7, 11) is 0. The molecule has 0 heterocycles. The first-order valence-corrected chi connectivity index (χ1v) is 9.03. The Balaban J connectivity index is 2.09. The maximum absolute atomic E-state index is 12.1. The van der Waals surface area contributed by atoms with Gasteiger partial charge >= 0.3 is 5.97 Å². The van der Waals surface area contributed by atoms with Crippen molar-refractivity contribution in [2.24, 2.45) is 10.8 Å². The number of carboxylic acids is 1. The molecular formula is C21H20Cl2O3. The molecule has 1 N–H and O–H groups in total. The van der Waals surface area contributed by atoms with Crippen LogP contribution >= 0.6 is 23.2 Å². The van der Waals surface area contributed by atoms with Gasteiger partial charge in [-0.15, -0.1) is 0 Å². The van der Waals surface area contributed by atoms with Gasteiger partial charge in [-0.1, -0.05) is 67.4 Å². The summed E-state index contributed by atoms with van der Waals surface area (Å²) >= 11 is 12.0. The minimum Gasteiger partial charge on any atom is -0.481 e. The fraction of sp³-hybridized carbons (Fsp3) is 0.286. The standard InChI is InChI=1S/C21H20Cl2O3/c1-19(2)20(3,18(24)25)21(19,13-17(22)23)14-8-7-11-16(12-14)26-15-9-5-4-6-10-15/h4-13H,1-3H3,(H,24,25)/t20-,21-/m0/s1. The maximum Gasteiger partial charge on any atom is 0.311 e. The zero-order valence-electron chi connectivity index (χ0n) is 14.8. The second kappa shape index (κ2) is 6.33. The Labute approximate surface area is 163 Å². The number of allylic oxidation sites excluding steroid dienone is 1. The van der Waals surface area contributed by atoms with E-state index >= 15 is 0 Å². The SMILES string of the molecule is CC1(C)[C@](C)(C(=O)O)[C@@]1(C=C(Cl)Cl)c1cccc(Oc2ccccc2)c1. The lowest BCUT2D eigenvalue weighted by Crippen LogP contribution is -2.22. The number of aliphatic carboxylic acids is 1. The van der Waals surface area contributed by atoms with Gasteiger partial charge in [-0.2, -0.15) is 0 Å². The highest BCUT2D eigenvalue weighted by molar-refractivity contribution is 6.56. The molecule has 3 nitrogen and oxygen atoms in total. The van der Waals surface area contributed by atoms with Crippen molar-refractivity contribution in [2.45, 2.75) is 26.2 Å². The highest BCUT2D eigenvalue weighted by Gasteiger charge is 2.83. The van der Waals surface area contributed by atoms with Crippen molar-refractivity contribution in [1.29, 1.82) is 0 Å². The number of ether oxygens (including phenoxy) is 1. The van der Waals surface area contributed by atoms with Gasteiger partial charge in [0.25, 0.3) is 0 Å². The Morgan fingerprint density at radius 2 is 1.62 bits per heavy atom. The number of carboxylic acid groups (broad SMARTS) is 1. The molecule has 0 amide bonds. The molecule has 2 atom stereocenters. The van der Waals surface area contributed by atoms with E-state index in [0.29, 0.717) is 11.5 Å². The summed E-state index contributed by atoms with van der Waals surface area (Å²) < 4.78 is 5.96. The molecular weight excluding hydrogens is 371 g/mol. The summed E-state index contributed by atoms with van der Waals surface area (Å²) in [6.45, 7) is 5.56. The molecule has 0 unspecified atom stereocenters. The Morgan fingerprint density at radius 3 is 2.15 bits per heavy atom. The smallest absolute Gasteiger partial charge is 0.311 e. The lowest BCUT2D eigenvalue weighted by atomic mass is 9.85. The monoisotopic (exact) mass is 390 g/mol. The van der Waals surface area contributed by atoms with Crippen LogP contribution in [0.2, 0.25) is 0 Å². The Hall–Kier alpha value is -1.97. The zero-order chi connectivity index (χ0) is 19.2. The van der Waals surface area contributed by atoms with Crippen LogP contribution in [0.25, 0.3) is 0 Å². The summed E-state index contributed by atoms with van der Waals surface area (Å²) in [4.78, 5) is 12.1. The predicted octanol–water partition coefficient (Wildman–Crippen LogP) is 6.17. The second-order valence-corrected chi connectivity index (χ2v) is 8.25. The molecule has 0 aromatic heterocycles. The Morgan fingerprint density at radius 1 is 1.00 bits per heavy atom. The number of para-hydroxylation sites is 1. The molecule has 0 bridgehead atoms. The summed E-state index contributed by atoms with van der Waals surface area (Å²) in [6.07, 6.45) is 1.64. The van der Waals surface area contributed by atoms with Crippen LogP contribution in [0.5, 0.6) is 11.5 Å². The van der Waals surface area contributed by atoms with Gasteiger partial charge in [-0.05, 0) is 48.2 Å². The lowest BCUT2D eigenvalue weighted by Gasteiger charge is -2.19. The van der Waals surface area contributed by atoms with E-state index in [2.05, 4.69) is 0 Å². The normalized spacial score (nSPS) is 26.0. The molecule has 2 aromatic rings. The van der Waals surface area contributed by atoms with Crippen molar-refractivity contribution in [3.8, 4) is 11.5 Å². The zero-order valence-corrected chi connectivity index (χ0v) is 16.3. The van der Waals surface area contributed by atoms with E-state index in [-0.39, 0.29) is 4.49 Å². The fourth-order valence-electron chi connectivity index (χ4n) is 4.22. The Kier molecular flexibility index (Phi) is 4.58. The number of benzene rings is 2. The second-order valence-electron chi connectivity index (χ2n) is 7.24. The van der Waals surface area contributed by atoms with Crippen LogP contribution in [0.1, 0.15) is 26.3 Å². The highest BCUT2D eigenvalue weighted by Crippen LogP contribution is 2.79. The number of hydrogen-bond donors (Lipinski definition) is 1. The number of halogens is 2. The molecule has 5 heteroatoms. The van der Waals surface area contributed by atoms with E-state index in [0.717, 1.165) is 5.56 Å². The van der Waals surface area contributed by atoms with Crippen LogP contribution in [-0.4, -0.2) is 11.1 Å². The third-order valence-electron chi connectivity index (χ3n) is 5.98. The molecule has 26 heavy (non-hydrogen) atoms. The van der Waals surface area contributed by atoms with Crippen LogP contribution in [0.3, 0.4) is 0 Å². The predicted molar refractivity (Wildman–Crippen MR) is 104 cm³/mol. The molecule has 136 valence electrons. The van der Waals surface area contributed by atoms with Crippen molar-refractivity contribution < 1.29 is 14.6 Å². The van der Waals surface area contributed by atoms with Gasteiger partial charge in [0.1, 0.15) is 16.0 Å². The number of hydrogen-bond acceptors (Lipinski definition) is 2. The summed E-state index contributed by atoms with van der Waals surface area (Å²) in [5.41, 5.74) is -1.65. The van der Waals surface area contributed by atoms with E-state index in [1.165, 1.54) is 0 Å². The highest BCUT2D eigenvalue weighted by atomic mass is 35.5. The molecule has 2 aromatic carbocycles. The maximum atomic E-state index is 12.1. The van der Waals surface area contributed by atoms with Gasteiger partial charge in [0.05, 0.1) is 5.41 Å². The average Bonchev–Trinajstić information content (AvgIpc) is 2.98. The molecule has 0 radical (unpaired) electrons. The Bertz CT molecular complexity index is 872. The van der Waals surface area contributed by atoms with Gasteiger partial charge < -0.3 is 9.84 Å². The van der Waals surface area contributed by atoms with Gasteiger partial charge in [-0.25, -0.2) is 0 Å². The van der Waals surface area contributed by atoms with Gasteiger partial charge in [0.15, 0.2) is 0 Å². The van der Waals surface area contributed by atoms with E-state index in [1.807, 2.05) is 68.4 Å². The van der Waals surface area contributed by atoms with Gasteiger partial charge in [0.2, 0.25) is 0 Å². The molecule has 1 fully saturated rings. The molecule has 0 saturated heterocycles. The first-order valence-electron chi connectivity index (χ1n) is 8.27. The minimum absolute atomic E-state index is 0.0532. The third-order valence-corrected chi connectivity index (χ3v) is 6.20. The molecule has 1 aliphatic rings. The topological polar surface area (TPSA) is 46.5 Å². The fourth-order valence-corrected chi connectivity index (χ4v) is 4.55. The van der Waals surface area contributed by atoms with E-state index < -0.39 is 22.2 Å². The van der Waals surface area contributed by atoms with Gasteiger partial charge in [-0.3, -0.25) is 4.79 Å². The quantitative estimate of drug-likeness (QED) is 0.663. The molecule has 3 rings (SSSR count). The average molecular weight is 391 g/mol. The van der Waals surface area contributed by atoms with Crippen molar-refractivity contribution >= 4 is 29.2 Å². The van der Waals surface area contributed by atoms with Crippen LogP contribution in [0.4, 0.5) is 0 Å². The van der Waals surface area contributed by atoms with Crippen molar-refractivity contribution in [3.05, 3.63) is 70.7 Å². The summed E-state index contributed by atoms with van der Waals surface area (Å²) in [6, 6.07) is 16.9. The van der Waals surface area contributed by atoms with Gasteiger partial charge in [0, 0.05) is 5.41 Å². The first kappa shape index (κ1) is 18.8. The van der Waals surface area contributed by atoms with Crippen molar-refractivity contribution in [2.75, 3.05) is 0 Å². The molecule has 0 aliphatic heterocycles. The molecule has 0 spiro atoms. The van der Waals surface area contributed by atoms with Crippen LogP contribution in [-0.2, 0) is 10.2 Å². The minimum atomic E-state index is -1.04. The molecule has 1 aliphatic carbocycles. The van der Waals surface area contributed by atoms with E-state index in [1.54, 1.807) is 13.0 Å². The van der Waals surface area contributed by atoms with E-state index in [4.69, 9.17) is 27.9 Å².